The zero-order valence-corrected chi connectivity index (χ0v) is 12.1. The van der Waals surface area contributed by atoms with Crippen LogP contribution in [0.3, 0.4) is 0 Å². The number of benzene rings is 1. The number of nitriles is 1. The lowest BCUT2D eigenvalue weighted by atomic mass is 9.96. The van der Waals surface area contributed by atoms with E-state index in [2.05, 4.69) is 10.1 Å². The molecule has 1 heterocycles. The molecule has 1 aromatic heterocycles. The summed E-state index contributed by atoms with van der Waals surface area (Å²) in [5.41, 5.74) is 0.481. The standard InChI is InChI=1S/C15H15N3O3/c1-15(2,3)14-17-12(21-18-14)9-20-13(19)11-6-4-5-10(7-11)8-16/h4-7H,9H2,1-3H3. The molecule has 0 amide bonds. The molecular weight excluding hydrogens is 270 g/mol. The van der Waals surface area contributed by atoms with Crippen molar-refractivity contribution >= 4 is 5.97 Å². The van der Waals surface area contributed by atoms with E-state index in [0.29, 0.717) is 17.0 Å². The molecule has 0 N–H and O–H groups in total. The second-order valence-electron chi connectivity index (χ2n) is 5.53. The summed E-state index contributed by atoms with van der Waals surface area (Å²) in [6, 6.07) is 8.26. The molecule has 0 saturated heterocycles. The molecule has 2 aromatic rings. The van der Waals surface area contributed by atoms with E-state index in [-0.39, 0.29) is 17.9 Å². The first-order valence-corrected chi connectivity index (χ1v) is 6.40. The number of hydrogen-bond donors (Lipinski definition) is 0. The molecule has 0 fully saturated rings. The molecule has 1 aromatic carbocycles. The number of ether oxygens (including phenoxy) is 1. The van der Waals surface area contributed by atoms with Crippen molar-refractivity contribution < 1.29 is 14.1 Å². The van der Waals surface area contributed by atoms with Crippen LogP contribution in [0.2, 0.25) is 0 Å². The molecule has 0 spiro atoms. The Labute approximate surface area is 122 Å². The summed E-state index contributed by atoms with van der Waals surface area (Å²) in [5, 5.41) is 12.6. The Balaban J connectivity index is 2.01. The van der Waals surface area contributed by atoms with Crippen LogP contribution in [0.25, 0.3) is 0 Å². The van der Waals surface area contributed by atoms with E-state index in [1.807, 2.05) is 26.8 Å². The van der Waals surface area contributed by atoms with Crippen LogP contribution in [-0.4, -0.2) is 16.1 Å². The quantitative estimate of drug-likeness (QED) is 0.805. The van der Waals surface area contributed by atoms with E-state index in [9.17, 15) is 4.79 Å². The lowest BCUT2D eigenvalue weighted by Crippen LogP contribution is -2.13. The van der Waals surface area contributed by atoms with Gasteiger partial charge in [0.05, 0.1) is 17.2 Å². The van der Waals surface area contributed by atoms with E-state index >= 15 is 0 Å². The molecule has 0 aliphatic rings. The summed E-state index contributed by atoms with van der Waals surface area (Å²) < 4.78 is 10.1. The number of nitrogens with zero attached hydrogens (tertiary/aromatic N) is 3. The van der Waals surface area contributed by atoms with Crippen LogP contribution in [0.4, 0.5) is 0 Å². The smallest absolute Gasteiger partial charge is 0.338 e. The number of carbonyl (C=O) groups is 1. The molecule has 0 saturated carbocycles. The minimum Gasteiger partial charge on any atom is -0.452 e. The maximum Gasteiger partial charge on any atom is 0.338 e. The molecule has 0 aliphatic heterocycles. The van der Waals surface area contributed by atoms with Crippen LogP contribution in [0.15, 0.2) is 28.8 Å². The number of hydrogen-bond acceptors (Lipinski definition) is 6. The molecule has 21 heavy (non-hydrogen) atoms. The van der Waals surface area contributed by atoms with E-state index in [0.717, 1.165) is 0 Å². The largest absolute Gasteiger partial charge is 0.452 e. The van der Waals surface area contributed by atoms with Gasteiger partial charge >= 0.3 is 5.97 Å². The van der Waals surface area contributed by atoms with E-state index in [4.69, 9.17) is 14.5 Å². The highest BCUT2D eigenvalue weighted by Gasteiger charge is 2.21. The third-order valence-electron chi connectivity index (χ3n) is 2.69. The second kappa shape index (κ2) is 5.75. The van der Waals surface area contributed by atoms with Gasteiger partial charge in [-0.2, -0.15) is 10.2 Å². The van der Waals surface area contributed by atoms with Crippen molar-refractivity contribution in [1.82, 2.24) is 10.1 Å². The van der Waals surface area contributed by atoms with Crippen molar-refractivity contribution in [2.75, 3.05) is 0 Å². The fourth-order valence-electron chi connectivity index (χ4n) is 1.54. The normalized spacial score (nSPS) is 11.0. The molecule has 6 nitrogen and oxygen atoms in total. The highest BCUT2D eigenvalue weighted by Crippen LogP contribution is 2.18. The third kappa shape index (κ3) is 3.66. The van der Waals surface area contributed by atoms with Gasteiger partial charge in [-0.1, -0.05) is 32.0 Å². The van der Waals surface area contributed by atoms with Crippen LogP contribution >= 0.6 is 0 Å². The molecule has 108 valence electrons. The summed E-state index contributed by atoms with van der Waals surface area (Å²) in [6.07, 6.45) is 0. The molecule has 2 rings (SSSR count). The molecule has 0 atom stereocenters. The lowest BCUT2D eigenvalue weighted by molar-refractivity contribution is 0.0429. The summed E-state index contributed by atoms with van der Waals surface area (Å²) in [6.45, 7) is 5.78. The molecule has 6 heteroatoms. The Kier molecular flexibility index (Phi) is 4.03. The van der Waals surface area contributed by atoms with Gasteiger partial charge in [0.2, 0.25) is 0 Å². The molecule has 0 aliphatic carbocycles. The first-order chi connectivity index (χ1) is 9.90. The zero-order chi connectivity index (χ0) is 15.5. The van der Waals surface area contributed by atoms with Crippen molar-refractivity contribution in [3.05, 3.63) is 47.1 Å². The van der Waals surface area contributed by atoms with Gasteiger partial charge in [0, 0.05) is 5.41 Å². The van der Waals surface area contributed by atoms with Crippen LogP contribution < -0.4 is 0 Å². The molecule has 0 unspecified atom stereocenters. The minimum atomic E-state index is -0.539. The van der Waals surface area contributed by atoms with Crippen LogP contribution in [-0.2, 0) is 16.8 Å². The van der Waals surface area contributed by atoms with Gasteiger partial charge in [-0.3, -0.25) is 0 Å². The van der Waals surface area contributed by atoms with Gasteiger partial charge in [0.25, 0.3) is 5.89 Å². The molecule has 0 radical (unpaired) electrons. The van der Waals surface area contributed by atoms with E-state index in [1.54, 1.807) is 18.2 Å². The van der Waals surface area contributed by atoms with E-state index in [1.165, 1.54) is 6.07 Å². The Hall–Kier alpha value is -2.68. The minimum absolute atomic E-state index is 0.0985. The summed E-state index contributed by atoms with van der Waals surface area (Å²) in [5.74, 6) is 0.257. The number of carbonyl (C=O) groups excluding carboxylic acids is 1. The predicted molar refractivity (Wildman–Crippen MR) is 73.3 cm³/mol. The first kappa shape index (κ1) is 14.7. The van der Waals surface area contributed by atoms with Gasteiger partial charge in [-0.05, 0) is 18.2 Å². The van der Waals surface area contributed by atoms with E-state index < -0.39 is 5.97 Å². The summed E-state index contributed by atoms with van der Waals surface area (Å²) >= 11 is 0. The Morgan fingerprint density at radius 3 is 2.81 bits per heavy atom. The van der Waals surface area contributed by atoms with Crippen LogP contribution in [0.1, 0.15) is 48.4 Å². The van der Waals surface area contributed by atoms with Crippen molar-refractivity contribution in [2.24, 2.45) is 0 Å². The van der Waals surface area contributed by atoms with Gasteiger partial charge in [-0.15, -0.1) is 0 Å². The van der Waals surface area contributed by atoms with Crippen molar-refractivity contribution in [3.8, 4) is 6.07 Å². The van der Waals surface area contributed by atoms with Crippen molar-refractivity contribution in [3.63, 3.8) is 0 Å². The number of esters is 1. The third-order valence-corrected chi connectivity index (χ3v) is 2.69. The van der Waals surface area contributed by atoms with Crippen molar-refractivity contribution in [2.45, 2.75) is 32.8 Å². The first-order valence-electron chi connectivity index (χ1n) is 6.40. The van der Waals surface area contributed by atoms with Gasteiger partial charge in [0.1, 0.15) is 0 Å². The number of rotatable bonds is 3. The Bertz CT molecular complexity index is 693. The molecular formula is C15H15N3O3. The Morgan fingerprint density at radius 1 is 1.43 bits per heavy atom. The fraction of sp³-hybridized carbons (Fsp3) is 0.333. The Morgan fingerprint density at radius 2 is 2.19 bits per heavy atom. The predicted octanol–water partition coefficient (Wildman–Crippen LogP) is 2.60. The summed E-state index contributed by atoms with van der Waals surface area (Å²) in [4.78, 5) is 16.0. The monoisotopic (exact) mass is 285 g/mol. The summed E-state index contributed by atoms with van der Waals surface area (Å²) in [7, 11) is 0. The highest BCUT2D eigenvalue weighted by atomic mass is 16.6. The SMILES string of the molecule is CC(C)(C)c1noc(COC(=O)c2cccc(C#N)c2)n1. The van der Waals surface area contributed by atoms with Gasteiger partial charge in [-0.25, -0.2) is 4.79 Å². The topological polar surface area (TPSA) is 89.0 Å². The fourth-order valence-corrected chi connectivity index (χ4v) is 1.54. The zero-order valence-electron chi connectivity index (χ0n) is 12.1. The number of aromatic nitrogens is 2. The average Bonchev–Trinajstić information content (AvgIpc) is 2.94. The maximum absolute atomic E-state index is 11.9. The second-order valence-corrected chi connectivity index (χ2v) is 5.53. The van der Waals surface area contributed by atoms with Crippen molar-refractivity contribution in [1.29, 1.82) is 5.26 Å². The van der Waals surface area contributed by atoms with Gasteiger partial charge in [0.15, 0.2) is 12.4 Å². The highest BCUT2D eigenvalue weighted by molar-refractivity contribution is 5.89. The molecule has 0 bridgehead atoms. The van der Waals surface area contributed by atoms with Crippen LogP contribution in [0, 0.1) is 11.3 Å². The van der Waals surface area contributed by atoms with Crippen LogP contribution in [0.5, 0.6) is 0 Å². The lowest BCUT2D eigenvalue weighted by Gasteiger charge is -2.10. The maximum atomic E-state index is 11.9. The van der Waals surface area contributed by atoms with Gasteiger partial charge < -0.3 is 9.26 Å². The average molecular weight is 285 g/mol.